The van der Waals surface area contributed by atoms with Gasteiger partial charge in [0.2, 0.25) is 5.89 Å². The van der Waals surface area contributed by atoms with Crippen LogP contribution in [0.5, 0.6) is 0 Å². The van der Waals surface area contributed by atoms with Crippen LogP contribution in [0.1, 0.15) is 5.56 Å². The van der Waals surface area contributed by atoms with Gasteiger partial charge in [-0.3, -0.25) is 0 Å². The first kappa shape index (κ1) is 11.6. The highest BCUT2D eigenvalue weighted by Crippen LogP contribution is 2.31. The number of oxazole rings is 1. The van der Waals surface area contributed by atoms with E-state index in [2.05, 4.69) is 4.98 Å². The van der Waals surface area contributed by atoms with Gasteiger partial charge in [0.05, 0.1) is 10.6 Å². The summed E-state index contributed by atoms with van der Waals surface area (Å²) in [5.41, 5.74) is 3.32. The number of aromatic nitrogens is 1. The summed E-state index contributed by atoms with van der Waals surface area (Å²) in [6.45, 7) is 1.99. The molecule has 0 aliphatic rings. The Hall–Kier alpha value is -1.51. The van der Waals surface area contributed by atoms with Gasteiger partial charge in [-0.25, -0.2) is 4.98 Å². The van der Waals surface area contributed by atoms with E-state index >= 15 is 0 Å². The molecule has 0 N–H and O–H groups in total. The highest BCUT2D eigenvalue weighted by Gasteiger charge is 2.11. The Kier molecular flexibility index (Phi) is 2.77. The van der Waals surface area contributed by atoms with Gasteiger partial charge < -0.3 is 4.42 Å². The average Bonchev–Trinajstić information content (AvgIpc) is 2.71. The fourth-order valence-electron chi connectivity index (χ4n) is 1.81. The van der Waals surface area contributed by atoms with Crippen molar-refractivity contribution in [2.45, 2.75) is 6.92 Å². The van der Waals surface area contributed by atoms with Crippen LogP contribution in [-0.4, -0.2) is 4.98 Å². The molecule has 0 fully saturated rings. The molecule has 4 heteroatoms. The molecule has 0 aliphatic heterocycles. The average molecular weight is 278 g/mol. The molecular weight excluding hydrogens is 269 g/mol. The van der Waals surface area contributed by atoms with E-state index in [1.807, 2.05) is 25.1 Å². The van der Waals surface area contributed by atoms with E-state index in [1.165, 1.54) is 0 Å². The molecule has 0 bridgehead atoms. The van der Waals surface area contributed by atoms with Gasteiger partial charge >= 0.3 is 0 Å². The van der Waals surface area contributed by atoms with E-state index in [4.69, 9.17) is 27.6 Å². The SMILES string of the molecule is Cc1ccc(-c2nc3cc(Cl)ccc3o2)c(Cl)c1. The molecule has 3 rings (SSSR count). The van der Waals surface area contributed by atoms with Crippen molar-refractivity contribution in [3.8, 4) is 11.5 Å². The van der Waals surface area contributed by atoms with E-state index in [-0.39, 0.29) is 0 Å². The first-order valence-electron chi connectivity index (χ1n) is 5.46. The number of aryl methyl sites for hydroxylation is 1. The Morgan fingerprint density at radius 1 is 1.06 bits per heavy atom. The molecular formula is C14H9Cl2NO. The second-order valence-corrected chi connectivity index (χ2v) is 4.96. The summed E-state index contributed by atoms with van der Waals surface area (Å²) in [5, 5.41) is 1.27. The van der Waals surface area contributed by atoms with E-state index < -0.39 is 0 Å². The van der Waals surface area contributed by atoms with Gasteiger partial charge in [-0.05, 0) is 42.8 Å². The van der Waals surface area contributed by atoms with Crippen molar-refractivity contribution in [1.29, 1.82) is 0 Å². The van der Waals surface area contributed by atoms with Gasteiger partial charge in [0.1, 0.15) is 5.52 Å². The minimum Gasteiger partial charge on any atom is -0.436 e. The molecule has 1 aromatic heterocycles. The van der Waals surface area contributed by atoms with Crippen molar-refractivity contribution in [3.05, 3.63) is 52.0 Å². The second-order valence-electron chi connectivity index (χ2n) is 4.11. The van der Waals surface area contributed by atoms with Crippen LogP contribution in [0.25, 0.3) is 22.6 Å². The van der Waals surface area contributed by atoms with Gasteiger partial charge in [0, 0.05) is 5.02 Å². The number of rotatable bonds is 1. The first-order valence-corrected chi connectivity index (χ1v) is 6.22. The molecule has 0 spiro atoms. The predicted octanol–water partition coefficient (Wildman–Crippen LogP) is 5.11. The summed E-state index contributed by atoms with van der Waals surface area (Å²) in [5.74, 6) is 0.511. The largest absolute Gasteiger partial charge is 0.436 e. The molecule has 2 aromatic carbocycles. The molecule has 0 atom stereocenters. The molecule has 0 radical (unpaired) electrons. The van der Waals surface area contributed by atoms with Gasteiger partial charge in [0.25, 0.3) is 0 Å². The zero-order chi connectivity index (χ0) is 12.7. The lowest BCUT2D eigenvalue weighted by Crippen LogP contribution is -1.80. The van der Waals surface area contributed by atoms with Gasteiger partial charge in [-0.1, -0.05) is 29.3 Å². The normalized spacial score (nSPS) is 11.1. The van der Waals surface area contributed by atoms with E-state index in [0.717, 1.165) is 16.6 Å². The third-order valence-corrected chi connectivity index (χ3v) is 3.25. The third kappa shape index (κ3) is 1.98. The van der Waals surface area contributed by atoms with E-state index in [0.29, 0.717) is 21.5 Å². The second kappa shape index (κ2) is 4.30. The fraction of sp³-hybridized carbons (Fsp3) is 0.0714. The molecule has 2 nitrogen and oxygen atoms in total. The maximum atomic E-state index is 6.20. The number of hydrogen-bond acceptors (Lipinski definition) is 2. The van der Waals surface area contributed by atoms with Crippen molar-refractivity contribution in [3.63, 3.8) is 0 Å². The molecule has 0 amide bonds. The molecule has 0 saturated heterocycles. The summed E-state index contributed by atoms with van der Waals surface area (Å²) in [6.07, 6.45) is 0. The highest BCUT2D eigenvalue weighted by molar-refractivity contribution is 6.33. The molecule has 0 aliphatic carbocycles. The fourth-order valence-corrected chi connectivity index (χ4v) is 2.29. The van der Waals surface area contributed by atoms with Crippen LogP contribution in [0.2, 0.25) is 10.0 Å². The Morgan fingerprint density at radius 3 is 2.67 bits per heavy atom. The zero-order valence-corrected chi connectivity index (χ0v) is 11.1. The smallest absolute Gasteiger partial charge is 0.228 e. The quantitative estimate of drug-likeness (QED) is 0.618. The van der Waals surface area contributed by atoms with Crippen LogP contribution < -0.4 is 0 Å². The summed E-state index contributed by atoms with van der Waals surface area (Å²) < 4.78 is 5.68. The zero-order valence-electron chi connectivity index (χ0n) is 9.58. The monoisotopic (exact) mass is 277 g/mol. The molecule has 90 valence electrons. The predicted molar refractivity (Wildman–Crippen MR) is 74.2 cm³/mol. The lowest BCUT2D eigenvalue weighted by molar-refractivity contribution is 0.620. The van der Waals surface area contributed by atoms with Crippen LogP contribution in [-0.2, 0) is 0 Å². The van der Waals surface area contributed by atoms with Crippen LogP contribution in [0.3, 0.4) is 0 Å². The summed E-state index contributed by atoms with van der Waals surface area (Å²) >= 11 is 12.1. The number of nitrogens with zero attached hydrogens (tertiary/aromatic N) is 1. The van der Waals surface area contributed by atoms with Crippen LogP contribution in [0, 0.1) is 6.92 Å². The Bertz CT molecular complexity index is 734. The molecule has 18 heavy (non-hydrogen) atoms. The van der Waals surface area contributed by atoms with Gasteiger partial charge in [-0.2, -0.15) is 0 Å². The van der Waals surface area contributed by atoms with Crippen molar-refractivity contribution in [2.24, 2.45) is 0 Å². The Balaban J connectivity index is 2.19. The number of benzene rings is 2. The minimum absolute atomic E-state index is 0.511. The Labute approximate surface area is 114 Å². The number of hydrogen-bond donors (Lipinski definition) is 0. The standard InChI is InChI=1S/C14H9Cl2NO/c1-8-2-4-10(11(16)6-8)14-17-12-7-9(15)3-5-13(12)18-14/h2-7H,1H3. The first-order chi connectivity index (χ1) is 8.63. The lowest BCUT2D eigenvalue weighted by atomic mass is 10.1. The van der Waals surface area contributed by atoms with Crippen LogP contribution in [0.15, 0.2) is 40.8 Å². The van der Waals surface area contributed by atoms with Gasteiger partial charge in [0.15, 0.2) is 5.58 Å². The molecule has 1 heterocycles. The maximum Gasteiger partial charge on any atom is 0.228 e. The molecule has 0 saturated carbocycles. The van der Waals surface area contributed by atoms with Crippen molar-refractivity contribution in [2.75, 3.05) is 0 Å². The van der Waals surface area contributed by atoms with E-state index in [9.17, 15) is 0 Å². The van der Waals surface area contributed by atoms with Gasteiger partial charge in [-0.15, -0.1) is 0 Å². The summed E-state index contributed by atoms with van der Waals surface area (Å²) in [7, 11) is 0. The number of halogens is 2. The summed E-state index contributed by atoms with van der Waals surface area (Å²) in [4.78, 5) is 4.40. The maximum absolute atomic E-state index is 6.20. The highest BCUT2D eigenvalue weighted by atomic mass is 35.5. The van der Waals surface area contributed by atoms with Crippen molar-refractivity contribution in [1.82, 2.24) is 4.98 Å². The van der Waals surface area contributed by atoms with E-state index in [1.54, 1.807) is 18.2 Å². The van der Waals surface area contributed by atoms with Crippen LogP contribution in [0.4, 0.5) is 0 Å². The lowest BCUT2D eigenvalue weighted by Gasteiger charge is -2.00. The molecule has 0 unspecified atom stereocenters. The van der Waals surface area contributed by atoms with Crippen molar-refractivity contribution >= 4 is 34.3 Å². The molecule has 3 aromatic rings. The third-order valence-electron chi connectivity index (χ3n) is 2.70. The van der Waals surface area contributed by atoms with Crippen molar-refractivity contribution < 1.29 is 4.42 Å². The summed E-state index contributed by atoms with van der Waals surface area (Å²) in [6, 6.07) is 11.1. The topological polar surface area (TPSA) is 26.0 Å². The minimum atomic E-state index is 0.511. The number of fused-ring (bicyclic) bond motifs is 1. The Morgan fingerprint density at radius 2 is 1.89 bits per heavy atom. The van der Waals surface area contributed by atoms with Crippen LogP contribution >= 0.6 is 23.2 Å².